The van der Waals surface area contributed by atoms with Crippen molar-refractivity contribution in [2.75, 3.05) is 7.11 Å². The van der Waals surface area contributed by atoms with E-state index in [4.69, 9.17) is 9.47 Å². The van der Waals surface area contributed by atoms with Crippen LogP contribution in [0.5, 0.6) is 0 Å². The molecule has 28 heavy (non-hydrogen) atoms. The third-order valence-electron chi connectivity index (χ3n) is 4.29. The Morgan fingerprint density at radius 2 is 1.64 bits per heavy atom. The van der Waals surface area contributed by atoms with Gasteiger partial charge in [0.25, 0.3) is 0 Å². The SMILES string of the molecule is COC(=O)c1cc(-c2ccc(C)cc2)cc2c1nc(C)n2C(=O)OC(C)(C)C. The molecule has 2 aromatic carbocycles. The Kier molecular flexibility index (Phi) is 4.98. The van der Waals surface area contributed by atoms with Crippen LogP contribution in [-0.2, 0) is 9.47 Å². The highest BCUT2D eigenvalue weighted by Crippen LogP contribution is 2.30. The maximum absolute atomic E-state index is 12.8. The van der Waals surface area contributed by atoms with E-state index in [0.717, 1.165) is 16.7 Å². The fraction of sp³-hybridized carbons (Fsp3) is 0.318. The molecule has 0 fully saturated rings. The first-order valence-electron chi connectivity index (χ1n) is 9.02. The van der Waals surface area contributed by atoms with Crippen molar-refractivity contribution in [1.82, 2.24) is 9.55 Å². The molecular weight excluding hydrogens is 356 g/mol. The number of ether oxygens (including phenoxy) is 2. The van der Waals surface area contributed by atoms with E-state index >= 15 is 0 Å². The third-order valence-corrected chi connectivity index (χ3v) is 4.29. The number of nitrogens with zero attached hydrogens (tertiary/aromatic N) is 2. The van der Waals surface area contributed by atoms with Crippen LogP contribution in [0.2, 0.25) is 0 Å². The summed E-state index contributed by atoms with van der Waals surface area (Å²) in [5, 5.41) is 0. The minimum Gasteiger partial charge on any atom is -0.465 e. The van der Waals surface area contributed by atoms with Crippen LogP contribution in [0.3, 0.4) is 0 Å². The average molecular weight is 380 g/mol. The highest BCUT2D eigenvalue weighted by molar-refractivity contribution is 6.05. The first kappa shape index (κ1) is 19.6. The quantitative estimate of drug-likeness (QED) is 0.592. The second-order valence-corrected chi connectivity index (χ2v) is 7.72. The van der Waals surface area contributed by atoms with Crippen molar-refractivity contribution in [3.63, 3.8) is 0 Å². The van der Waals surface area contributed by atoms with E-state index in [1.165, 1.54) is 11.7 Å². The van der Waals surface area contributed by atoms with Crippen molar-refractivity contribution in [2.24, 2.45) is 0 Å². The average Bonchev–Trinajstić information content (AvgIpc) is 2.95. The van der Waals surface area contributed by atoms with Gasteiger partial charge in [-0.25, -0.2) is 19.1 Å². The third kappa shape index (κ3) is 3.76. The molecule has 0 radical (unpaired) electrons. The van der Waals surface area contributed by atoms with Gasteiger partial charge in [0, 0.05) is 0 Å². The molecule has 0 aliphatic heterocycles. The maximum atomic E-state index is 12.8. The highest BCUT2D eigenvalue weighted by Gasteiger charge is 2.25. The van der Waals surface area contributed by atoms with Gasteiger partial charge in [0.05, 0.1) is 18.2 Å². The predicted octanol–water partition coefficient (Wildman–Crippen LogP) is 4.89. The number of hydrogen-bond acceptors (Lipinski definition) is 5. The van der Waals surface area contributed by atoms with Crippen molar-refractivity contribution in [3.8, 4) is 11.1 Å². The highest BCUT2D eigenvalue weighted by atomic mass is 16.6. The van der Waals surface area contributed by atoms with E-state index in [-0.39, 0.29) is 0 Å². The van der Waals surface area contributed by atoms with Crippen LogP contribution in [0.25, 0.3) is 22.2 Å². The Balaban J connectivity index is 2.27. The normalized spacial score (nSPS) is 11.5. The first-order valence-corrected chi connectivity index (χ1v) is 9.02. The van der Waals surface area contributed by atoms with Crippen LogP contribution >= 0.6 is 0 Å². The molecule has 0 aliphatic rings. The van der Waals surface area contributed by atoms with E-state index in [0.29, 0.717) is 22.4 Å². The van der Waals surface area contributed by atoms with Crippen molar-refractivity contribution < 1.29 is 19.1 Å². The molecule has 0 N–H and O–H groups in total. The monoisotopic (exact) mass is 380 g/mol. The van der Waals surface area contributed by atoms with Crippen LogP contribution in [-0.4, -0.2) is 34.3 Å². The number of fused-ring (bicyclic) bond motifs is 1. The first-order chi connectivity index (χ1) is 13.1. The van der Waals surface area contributed by atoms with Gasteiger partial charge in [-0.2, -0.15) is 0 Å². The number of esters is 1. The van der Waals surface area contributed by atoms with Gasteiger partial charge in [-0.1, -0.05) is 29.8 Å². The molecule has 3 rings (SSSR count). The zero-order valence-corrected chi connectivity index (χ0v) is 17.0. The maximum Gasteiger partial charge on any atom is 0.420 e. The number of carbonyl (C=O) groups excluding carboxylic acids is 2. The smallest absolute Gasteiger partial charge is 0.420 e. The summed E-state index contributed by atoms with van der Waals surface area (Å²) in [5.41, 5.74) is 3.41. The molecule has 1 aromatic heterocycles. The summed E-state index contributed by atoms with van der Waals surface area (Å²) < 4.78 is 11.9. The van der Waals surface area contributed by atoms with Gasteiger partial charge in [-0.05, 0) is 57.9 Å². The number of benzene rings is 2. The van der Waals surface area contributed by atoms with Crippen molar-refractivity contribution >= 4 is 23.1 Å². The summed E-state index contributed by atoms with van der Waals surface area (Å²) in [5.74, 6) is -0.0664. The van der Waals surface area contributed by atoms with E-state index in [1.54, 1.807) is 33.8 Å². The Hall–Kier alpha value is -3.15. The van der Waals surface area contributed by atoms with Crippen LogP contribution < -0.4 is 0 Å². The molecule has 146 valence electrons. The lowest BCUT2D eigenvalue weighted by molar-refractivity contribution is 0.0538. The lowest BCUT2D eigenvalue weighted by atomic mass is 10.0. The fourth-order valence-corrected chi connectivity index (χ4v) is 3.01. The summed E-state index contributed by atoms with van der Waals surface area (Å²) in [6.45, 7) is 9.12. The zero-order chi connectivity index (χ0) is 20.6. The molecule has 1 heterocycles. The number of imidazole rings is 1. The lowest BCUT2D eigenvalue weighted by Gasteiger charge is -2.20. The molecule has 0 atom stereocenters. The summed E-state index contributed by atoms with van der Waals surface area (Å²) in [6, 6.07) is 11.5. The van der Waals surface area contributed by atoms with Crippen molar-refractivity contribution in [2.45, 2.75) is 40.2 Å². The van der Waals surface area contributed by atoms with Gasteiger partial charge in [0.2, 0.25) is 0 Å². The molecule has 0 saturated carbocycles. The van der Waals surface area contributed by atoms with E-state index < -0.39 is 17.7 Å². The fourth-order valence-electron chi connectivity index (χ4n) is 3.01. The summed E-state index contributed by atoms with van der Waals surface area (Å²) in [6.07, 6.45) is -0.538. The van der Waals surface area contributed by atoms with Gasteiger partial charge in [-0.15, -0.1) is 0 Å². The van der Waals surface area contributed by atoms with Gasteiger partial charge >= 0.3 is 12.1 Å². The molecule has 6 nitrogen and oxygen atoms in total. The molecule has 0 bridgehead atoms. The Morgan fingerprint density at radius 3 is 2.21 bits per heavy atom. The largest absolute Gasteiger partial charge is 0.465 e. The van der Waals surface area contributed by atoms with Crippen LogP contribution in [0.15, 0.2) is 36.4 Å². The van der Waals surface area contributed by atoms with Gasteiger partial charge < -0.3 is 9.47 Å². The number of hydrogen-bond donors (Lipinski definition) is 0. The molecule has 0 saturated heterocycles. The molecule has 3 aromatic rings. The number of methoxy groups -OCH3 is 1. The zero-order valence-electron chi connectivity index (χ0n) is 17.0. The van der Waals surface area contributed by atoms with E-state index in [2.05, 4.69) is 4.98 Å². The standard InChI is InChI=1S/C22H24N2O4/c1-13-7-9-15(10-8-13)16-11-17(20(25)27-6)19-18(12-16)24(14(2)23-19)21(26)28-22(3,4)5/h7-12H,1-6H3. The van der Waals surface area contributed by atoms with Crippen LogP contribution in [0.1, 0.15) is 42.5 Å². The lowest BCUT2D eigenvalue weighted by Crippen LogP contribution is -2.27. The minimum atomic E-state index is -0.653. The number of carbonyl (C=O) groups is 2. The Morgan fingerprint density at radius 1 is 1.00 bits per heavy atom. The van der Waals surface area contributed by atoms with Crippen molar-refractivity contribution in [3.05, 3.63) is 53.3 Å². The second-order valence-electron chi connectivity index (χ2n) is 7.72. The van der Waals surface area contributed by atoms with Crippen LogP contribution in [0, 0.1) is 13.8 Å². The van der Waals surface area contributed by atoms with Gasteiger partial charge in [-0.3, -0.25) is 0 Å². The summed E-state index contributed by atoms with van der Waals surface area (Å²) in [4.78, 5) is 29.6. The number of aromatic nitrogens is 2. The molecule has 0 amide bonds. The van der Waals surface area contributed by atoms with E-state index in [9.17, 15) is 9.59 Å². The van der Waals surface area contributed by atoms with Crippen LogP contribution in [0.4, 0.5) is 4.79 Å². The van der Waals surface area contributed by atoms with Gasteiger partial charge in [0.15, 0.2) is 0 Å². The number of aryl methyl sites for hydroxylation is 2. The van der Waals surface area contributed by atoms with Gasteiger partial charge in [0.1, 0.15) is 16.9 Å². The minimum absolute atomic E-state index is 0.306. The molecule has 0 aliphatic carbocycles. The molecule has 0 spiro atoms. The summed E-state index contributed by atoms with van der Waals surface area (Å²) >= 11 is 0. The topological polar surface area (TPSA) is 70.4 Å². The van der Waals surface area contributed by atoms with Crippen molar-refractivity contribution in [1.29, 1.82) is 0 Å². The van der Waals surface area contributed by atoms with E-state index in [1.807, 2.05) is 37.3 Å². The summed E-state index contributed by atoms with van der Waals surface area (Å²) in [7, 11) is 1.32. The molecular formula is C22H24N2O4. The Bertz CT molecular complexity index is 1060. The molecule has 6 heteroatoms. The second kappa shape index (κ2) is 7.11. The Labute approximate surface area is 164 Å². The molecule has 0 unspecified atom stereocenters. The predicted molar refractivity (Wildman–Crippen MR) is 108 cm³/mol. The number of rotatable bonds is 2.